The number of hydrogen-bond donors (Lipinski definition) is 0. The van der Waals surface area contributed by atoms with E-state index in [4.69, 9.17) is 0 Å². The normalized spacial score (nSPS) is 16.5. The molecule has 0 aromatic rings. The Morgan fingerprint density at radius 1 is 1.27 bits per heavy atom. The molecule has 0 fully saturated rings. The number of hydrogen-bond acceptors (Lipinski definition) is 0. The van der Waals surface area contributed by atoms with Crippen molar-refractivity contribution in [1.29, 1.82) is 0 Å². The molecule has 0 amide bonds. The Kier molecular flexibility index (Phi) is 5.27. The summed E-state index contributed by atoms with van der Waals surface area (Å²) in [4.78, 5) is 0. The second-order valence-corrected chi connectivity index (χ2v) is 3.82. The second kappa shape index (κ2) is 5.40. The first-order chi connectivity index (χ1) is 5.13. The molecular formula is C11H22. The molecule has 0 spiro atoms. The minimum absolute atomic E-state index is 0.803. The van der Waals surface area contributed by atoms with Gasteiger partial charge in [0, 0.05) is 0 Å². The zero-order valence-corrected chi connectivity index (χ0v) is 8.43. The van der Waals surface area contributed by atoms with E-state index in [1.165, 1.54) is 6.42 Å². The molecule has 66 valence electrons. The lowest BCUT2D eigenvalue weighted by molar-refractivity contribution is 0.263. The van der Waals surface area contributed by atoms with Gasteiger partial charge in [0.15, 0.2) is 0 Å². The molecule has 0 rings (SSSR count). The number of rotatable bonds is 5. The lowest BCUT2D eigenvalue weighted by Gasteiger charge is -2.25. The Morgan fingerprint density at radius 3 is 2.09 bits per heavy atom. The van der Waals surface area contributed by atoms with Gasteiger partial charge in [0.1, 0.15) is 0 Å². The Morgan fingerprint density at radius 2 is 1.82 bits per heavy atom. The molecule has 0 saturated carbocycles. The van der Waals surface area contributed by atoms with Crippen LogP contribution in [0.2, 0.25) is 0 Å². The highest BCUT2D eigenvalue weighted by Crippen LogP contribution is 2.26. The summed E-state index contributed by atoms with van der Waals surface area (Å²) < 4.78 is 0. The van der Waals surface area contributed by atoms with Gasteiger partial charge in [0.2, 0.25) is 0 Å². The molecule has 2 atom stereocenters. The molecular weight excluding hydrogens is 132 g/mol. The van der Waals surface area contributed by atoms with Crippen LogP contribution in [0.1, 0.15) is 40.5 Å². The molecule has 0 saturated heterocycles. The molecule has 0 N–H and O–H groups in total. The predicted octanol–water partition coefficient (Wildman–Crippen LogP) is 3.88. The van der Waals surface area contributed by atoms with Crippen molar-refractivity contribution in [2.45, 2.75) is 40.5 Å². The SMILES string of the molecule is C=CCC(C)C(CC)C(C)C. The molecule has 0 nitrogen and oxygen atoms in total. The van der Waals surface area contributed by atoms with Crippen molar-refractivity contribution in [1.82, 2.24) is 0 Å². The minimum Gasteiger partial charge on any atom is -0.103 e. The fourth-order valence-electron chi connectivity index (χ4n) is 1.97. The fraction of sp³-hybridized carbons (Fsp3) is 0.818. The minimum atomic E-state index is 0.803. The van der Waals surface area contributed by atoms with Crippen molar-refractivity contribution >= 4 is 0 Å². The van der Waals surface area contributed by atoms with Crippen LogP contribution in [0.5, 0.6) is 0 Å². The summed E-state index contributed by atoms with van der Waals surface area (Å²) in [6.07, 6.45) is 4.50. The van der Waals surface area contributed by atoms with Crippen LogP contribution in [0.25, 0.3) is 0 Å². The number of allylic oxidation sites excluding steroid dienone is 1. The maximum Gasteiger partial charge on any atom is -0.0325 e. The molecule has 0 radical (unpaired) electrons. The smallest absolute Gasteiger partial charge is 0.0325 e. The van der Waals surface area contributed by atoms with Gasteiger partial charge in [-0.2, -0.15) is 0 Å². The van der Waals surface area contributed by atoms with Gasteiger partial charge in [-0.15, -0.1) is 6.58 Å². The molecule has 0 aliphatic carbocycles. The fourth-order valence-corrected chi connectivity index (χ4v) is 1.97. The molecule has 0 aliphatic rings. The van der Waals surface area contributed by atoms with Crippen LogP contribution in [0.3, 0.4) is 0 Å². The molecule has 2 unspecified atom stereocenters. The van der Waals surface area contributed by atoms with Crippen molar-refractivity contribution in [3.05, 3.63) is 12.7 Å². The standard InChI is InChI=1S/C11H22/c1-6-8-10(5)11(7-2)9(3)4/h6,9-11H,1,7-8H2,2-5H3. The van der Waals surface area contributed by atoms with Crippen molar-refractivity contribution in [2.75, 3.05) is 0 Å². The van der Waals surface area contributed by atoms with Gasteiger partial charge in [-0.1, -0.05) is 40.2 Å². The molecule has 0 bridgehead atoms. The first-order valence-corrected chi connectivity index (χ1v) is 4.74. The van der Waals surface area contributed by atoms with Crippen LogP contribution in [-0.2, 0) is 0 Å². The zero-order chi connectivity index (χ0) is 8.85. The van der Waals surface area contributed by atoms with E-state index in [0.29, 0.717) is 0 Å². The van der Waals surface area contributed by atoms with Gasteiger partial charge < -0.3 is 0 Å². The van der Waals surface area contributed by atoms with Crippen molar-refractivity contribution in [3.63, 3.8) is 0 Å². The average Bonchev–Trinajstić information content (AvgIpc) is 1.88. The first-order valence-electron chi connectivity index (χ1n) is 4.74. The largest absolute Gasteiger partial charge is 0.103 e. The topological polar surface area (TPSA) is 0 Å². The van der Waals surface area contributed by atoms with Gasteiger partial charge in [0.25, 0.3) is 0 Å². The van der Waals surface area contributed by atoms with Crippen molar-refractivity contribution in [3.8, 4) is 0 Å². The monoisotopic (exact) mass is 154 g/mol. The van der Waals surface area contributed by atoms with Gasteiger partial charge in [-0.05, 0) is 24.2 Å². The highest BCUT2D eigenvalue weighted by atomic mass is 14.2. The maximum atomic E-state index is 3.78. The third kappa shape index (κ3) is 3.60. The molecule has 11 heavy (non-hydrogen) atoms. The van der Waals surface area contributed by atoms with Crippen LogP contribution in [-0.4, -0.2) is 0 Å². The first kappa shape index (κ1) is 10.7. The highest BCUT2D eigenvalue weighted by Gasteiger charge is 2.17. The van der Waals surface area contributed by atoms with Crippen molar-refractivity contribution < 1.29 is 0 Å². The van der Waals surface area contributed by atoms with E-state index in [-0.39, 0.29) is 0 Å². The van der Waals surface area contributed by atoms with Crippen LogP contribution >= 0.6 is 0 Å². The molecule has 0 heteroatoms. The van der Waals surface area contributed by atoms with E-state index < -0.39 is 0 Å². The third-order valence-corrected chi connectivity index (χ3v) is 2.60. The van der Waals surface area contributed by atoms with Crippen LogP contribution < -0.4 is 0 Å². The van der Waals surface area contributed by atoms with E-state index in [2.05, 4.69) is 34.3 Å². The maximum absolute atomic E-state index is 3.78. The van der Waals surface area contributed by atoms with E-state index in [1.807, 2.05) is 6.08 Å². The van der Waals surface area contributed by atoms with E-state index in [1.54, 1.807) is 0 Å². The quantitative estimate of drug-likeness (QED) is 0.527. The molecule has 0 aliphatic heterocycles. The Hall–Kier alpha value is -0.260. The van der Waals surface area contributed by atoms with Crippen LogP contribution in [0, 0.1) is 17.8 Å². The molecule has 0 heterocycles. The Balaban J connectivity index is 3.90. The second-order valence-electron chi connectivity index (χ2n) is 3.82. The summed E-state index contributed by atoms with van der Waals surface area (Å²) in [5.74, 6) is 2.49. The summed E-state index contributed by atoms with van der Waals surface area (Å²) in [7, 11) is 0. The highest BCUT2D eigenvalue weighted by molar-refractivity contribution is 4.76. The van der Waals surface area contributed by atoms with Gasteiger partial charge in [0.05, 0.1) is 0 Å². The van der Waals surface area contributed by atoms with E-state index in [9.17, 15) is 0 Å². The predicted molar refractivity (Wildman–Crippen MR) is 52.6 cm³/mol. The molecule has 0 aromatic carbocycles. The Labute approximate surface area is 71.7 Å². The lowest BCUT2D eigenvalue weighted by atomic mass is 9.81. The average molecular weight is 154 g/mol. The van der Waals surface area contributed by atoms with Crippen LogP contribution in [0.4, 0.5) is 0 Å². The van der Waals surface area contributed by atoms with E-state index in [0.717, 1.165) is 24.2 Å². The van der Waals surface area contributed by atoms with Crippen LogP contribution in [0.15, 0.2) is 12.7 Å². The summed E-state index contributed by atoms with van der Waals surface area (Å²) in [5, 5.41) is 0. The third-order valence-electron chi connectivity index (χ3n) is 2.60. The molecule has 0 aromatic heterocycles. The van der Waals surface area contributed by atoms with Gasteiger partial charge >= 0.3 is 0 Å². The van der Waals surface area contributed by atoms with E-state index >= 15 is 0 Å². The summed E-state index contributed by atoms with van der Waals surface area (Å²) in [6, 6.07) is 0. The summed E-state index contributed by atoms with van der Waals surface area (Å²) in [5.41, 5.74) is 0. The Bertz CT molecular complexity index is 103. The van der Waals surface area contributed by atoms with Gasteiger partial charge in [-0.3, -0.25) is 0 Å². The summed E-state index contributed by atoms with van der Waals surface area (Å²) >= 11 is 0. The van der Waals surface area contributed by atoms with Gasteiger partial charge in [-0.25, -0.2) is 0 Å². The lowest BCUT2D eigenvalue weighted by Crippen LogP contribution is -2.16. The summed E-state index contributed by atoms with van der Waals surface area (Å²) in [6.45, 7) is 13.0. The zero-order valence-electron chi connectivity index (χ0n) is 8.43. The van der Waals surface area contributed by atoms with Crippen molar-refractivity contribution in [2.24, 2.45) is 17.8 Å².